The van der Waals surface area contributed by atoms with Gasteiger partial charge in [0, 0.05) is 19.2 Å². The molecule has 4 aromatic rings. The van der Waals surface area contributed by atoms with Gasteiger partial charge in [0.2, 0.25) is 5.91 Å². The van der Waals surface area contributed by atoms with Gasteiger partial charge < -0.3 is 10.2 Å². The lowest BCUT2D eigenvalue weighted by molar-refractivity contribution is -0.111. The second-order valence-electron chi connectivity index (χ2n) is 8.36. The van der Waals surface area contributed by atoms with E-state index in [0.717, 1.165) is 30.2 Å². The minimum Gasteiger partial charge on any atom is -0.348 e. The Balaban J connectivity index is 1.50. The molecular formula is C30H29N3O. The van der Waals surface area contributed by atoms with Crippen molar-refractivity contribution in [1.82, 2.24) is 4.98 Å². The van der Waals surface area contributed by atoms with Crippen molar-refractivity contribution in [3.05, 3.63) is 131 Å². The van der Waals surface area contributed by atoms with E-state index in [0.29, 0.717) is 5.69 Å². The van der Waals surface area contributed by atoms with Crippen molar-refractivity contribution >= 4 is 23.5 Å². The van der Waals surface area contributed by atoms with Crippen molar-refractivity contribution in [2.45, 2.75) is 26.9 Å². The third-order valence-corrected chi connectivity index (χ3v) is 5.59. The molecule has 0 aliphatic heterocycles. The van der Waals surface area contributed by atoms with Gasteiger partial charge in [-0.05, 0) is 48.7 Å². The van der Waals surface area contributed by atoms with Gasteiger partial charge in [0.1, 0.15) is 5.82 Å². The molecule has 0 fully saturated rings. The number of aryl methyl sites for hydroxylation is 2. The second-order valence-corrected chi connectivity index (χ2v) is 8.36. The van der Waals surface area contributed by atoms with Gasteiger partial charge in [-0.2, -0.15) is 0 Å². The zero-order valence-electron chi connectivity index (χ0n) is 19.6. The normalized spacial score (nSPS) is 10.9. The van der Waals surface area contributed by atoms with Gasteiger partial charge in [-0.25, -0.2) is 4.98 Å². The Morgan fingerprint density at radius 2 is 1.38 bits per heavy atom. The highest BCUT2D eigenvalue weighted by Gasteiger charge is 2.12. The monoisotopic (exact) mass is 447 g/mol. The number of hydrogen-bond acceptors (Lipinski definition) is 3. The van der Waals surface area contributed by atoms with Gasteiger partial charge in [-0.3, -0.25) is 4.79 Å². The van der Waals surface area contributed by atoms with E-state index >= 15 is 0 Å². The molecule has 0 radical (unpaired) electrons. The van der Waals surface area contributed by atoms with E-state index in [1.165, 1.54) is 16.7 Å². The average Bonchev–Trinajstić information content (AvgIpc) is 2.86. The second kappa shape index (κ2) is 11.1. The summed E-state index contributed by atoms with van der Waals surface area (Å²) in [4.78, 5) is 19.6. The standard InChI is InChI=1S/C30H29N3O/c1-23-13-15-25(16-14-23)17-20-30(34)32-28-18-19-29(31-24(28)2)33(21-26-9-5-3-6-10-26)22-27-11-7-4-8-12-27/h3-20H,21-22H2,1-2H3,(H,32,34)/b20-17+. The summed E-state index contributed by atoms with van der Waals surface area (Å²) in [7, 11) is 0. The summed E-state index contributed by atoms with van der Waals surface area (Å²) >= 11 is 0. The van der Waals surface area contributed by atoms with Crippen LogP contribution in [-0.2, 0) is 17.9 Å². The lowest BCUT2D eigenvalue weighted by Gasteiger charge is -2.25. The maximum absolute atomic E-state index is 12.5. The topological polar surface area (TPSA) is 45.2 Å². The lowest BCUT2D eigenvalue weighted by Crippen LogP contribution is -2.23. The number of carbonyl (C=O) groups is 1. The van der Waals surface area contributed by atoms with Crippen LogP contribution in [0.2, 0.25) is 0 Å². The van der Waals surface area contributed by atoms with Crippen LogP contribution in [-0.4, -0.2) is 10.9 Å². The van der Waals surface area contributed by atoms with Crippen LogP contribution >= 0.6 is 0 Å². The molecule has 0 saturated carbocycles. The minimum atomic E-state index is -0.177. The summed E-state index contributed by atoms with van der Waals surface area (Å²) in [6.07, 6.45) is 3.36. The van der Waals surface area contributed by atoms with Crippen molar-refractivity contribution in [2.75, 3.05) is 10.2 Å². The molecule has 1 heterocycles. The van der Waals surface area contributed by atoms with Gasteiger partial charge in [0.25, 0.3) is 0 Å². The van der Waals surface area contributed by atoms with Crippen LogP contribution in [0.5, 0.6) is 0 Å². The Morgan fingerprint density at radius 3 is 1.94 bits per heavy atom. The smallest absolute Gasteiger partial charge is 0.248 e. The highest BCUT2D eigenvalue weighted by molar-refractivity contribution is 6.02. The van der Waals surface area contributed by atoms with E-state index in [-0.39, 0.29) is 5.91 Å². The van der Waals surface area contributed by atoms with Crippen molar-refractivity contribution < 1.29 is 4.79 Å². The molecule has 1 N–H and O–H groups in total. The first kappa shape index (κ1) is 23.0. The molecule has 34 heavy (non-hydrogen) atoms. The molecule has 0 spiro atoms. The first-order valence-corrected chi connectivity index (χ1v) is 11.4. The van der Waals surface area contributed by atoms with Gasteiger partial charge in [-0.15, -0.1) is 0 Å². The molecule has 170 valence electrons. The van der Waals surface area contributed by atoms with Crippen molar-refractivity contribution in [2.24, 2.45) is 0 Å². The van der Waals surface area contributed by atoms with E-state index < -0.39 is 0 Å². The molecular weight excluding hydrogens is 418 g/mol. The predicted molar refractivity (Wildman–Crippen MR) is 141 cm³/mol. The third kappa shape index (κ3) is 6.42. The van der Waals surface area contributed by atoms with Gasteiger partial charge in [-0.1, -0.05) is 90.5 Å². The van der Waals surface area contributed by atoms with Gasteiger partial charge >= 0.3 is 0 Å². The van der Waals surface area contributed by atoms with E-state index in [4.69, 9.17) is 4.98 Å². The number of pyridine rings is 1. The fourth-order valence-corrected chi connectivity index (χ4v) is 3.71. The third-order valence-electron chi connectivity index (χ3n) is 5.59. The fourth-order valence-electron chi connectivity index (χ4n) is 3.71. The number of nitrogens with zero attached hydrogens (tertiary/aromatic N) is 2. The Morgan fingerprint density at radius 1 is 0.794 bits per heavy atom. The SMILES string of the molecule is Cc1ccc(/C=C/C(=O)Nc2ccc(N(Cc3ccccc3)Cc3ccccc3)nc2C)cc1. The van der Waals surface area contributed by atoms with Gasteiger partial charge in [0.05, 0.1) is 11.4 Å². The summed E-state index contributed by atoms with van der Waals surface area (Å²) in [6, 6.07) is 32.7. The molecule has 0 aliphatic rings. The summed E-state index contributed by atoms with van der Waals surface area (Å²) in [6.45, 7) is 5.45. The van der Waals surface area contributed by atoms with Gasteiger partial charge in [0.15, 0.2) is 0 Å². The molecule has 1 aromatic heterocycles. The summed E-state index contributed by atoms with van der Waals surface area (Å²) in [5, 5.41) is 2.95. The highest BCUT2D eigenvalue weighted by Crippen LogP contribution is 2.22. The molecule has 4 heteroatoms. The number of nitrogens with one attached hydrogen (secondary N) is 1. The summed E-state index contributed by atoms with van der Waals surface area (Å²) in [5.41, 5.74) is 6.11. The van der Waals surface area contributed by atoms with E-state index in [9.17, 15) is 4.79 Å². The zero-order chi connectivity index (χ0) is 23.8. The van der Waals surface area contributed by atoms with Crippen LogP contribution in [0.25, 0.3) is 6.08 Å². The molecule has 4 nitrogen and oxygen atoms in total. The molecule has 0 atom stereocenters. The number of carbonyl (C=O) groups excluding carboxylic acids is 1. The first-order chi connectivity index (χ1) is 16.6. The Labute approximate surface area is 201 Å². The zero-order valence-corrected chi connectivity index (χ0v) is 19.6. The Bertz CT molecular complexity index is 1210. The van der Waals surface area contributed by atoms with Crippen molar-refractivity contribution in [3.63, 3.8) is 0 Å². The molecule has 0 saturated heterocycles. The molecule has 0 unspecified atom stereocenters. The lowest BCUT2D eigenvalue weighted by atomic mass is 10.1. The molecule has 0 aliphatic carbocycles. The Hall–Kier alpha value is -4.18. The minimum absolute atomic E-state index is 0.177. The predicted octanol–water partition coefficient (Wildman–Crippen LogP) is 6.56. The van der Waals surface area contributed by atoms with Crippen molar-refractivity contribution in [1.29, 1.82) is 0 Å². The van der Waals surface area contributed by atoms with Crippen LogP contribution in [0.1, 0.15) is 27.9 Å². The van der Waals surface area contributed by atoms with Crippen molar-refractivity contribution in [3.8, 4) is 0 Å². The molecule has 4 rings (SSSR count). The van der Waals surface area contributed by atoms with Crippen LogP contribution in [0.15, 0.2) is 103 Å². The van der Waals surface area contributed by atoms with Crippen LogP contribution in [0.4, 0.5) is 11.5 Å². The highest BCUT2D eigenvalue weighted by atomic mass is 16.1. The first-order valence-electron chi connectivity index (χ1n) is 11.4. The number of hydrogen-bond donors (Lipinski definition) is 1. The maximum atomic E-state index is 12.5. The van der Waals surface area contributed by atoms with E-state index in [2.05, 4.69) is 58.7 Å². The number of anilines is 2. The maximum Gasteiger partial charge on any atom is 0.248 e. The fraction of sp³-hybridized carbons (Fsp3) is 0.133. The molecule has 0 bridgehead atoms. The quantitative estimate of drug-likeness (QED) is 0.311. The molecule has 1 amide bonds. The van der Waals surface area contributed by atoms with Crippen LogP contribution < -0.4 is 10.2 Å². The average molecular weight is 448 g/mol. The molecule has 3 aromatic carbocycles. The van der Waals surface area contributed by atoms with Crippen LogP contribution in [0.3, 0.4) is 0 Å². The number of aromatic nitrogens is 1. The van der Waals surface area contributed by atoms with E-state index in [1.54, 1.807) is 6.08 Å². The van der Waals surface area contributed by atoms with E-state index in [1.807, 2.05) is 68.5 Å². The Kier molecular flexibility index (Phi) is 7.51. The number of benzene rings is 3. The largest absolute Gasteiger partial charge is 0.348 e. The summed E-state index contributed by atoms with van der Waals surface area (Å²) in [5.74, 6) is 0.696. The van der Waals surface area contributed by atoms with Crippen LogP contribution in [0, 0.1) is 13.8 Å². The number of amides is 1. The summed E-state index contributed by atoms with van der Waals surface area (Å²) < 4.78 is 0. The number of rotatable bonds is 8.